The van der Waals surface area contributed by atoms with Crippen LogP contribution < -0.4 is 9.13 Å². The molecule has 0 radical (unpaired) electrons. The third kappa shape index (κ3) is 2.02. The van der Waals surface area contributed by atoms with Gasteiger partial charge in [-0.15, -0.1) is 0 Å². The second-order valence-corrected chi connectivity index (χ2v) is 6.17. The molecule has 0 amide bonds. The van der Waals surface area contributed by atoms with Gasteiger partial charge in [0.2, 0.25) is 0 Å². The zero-order valence-electron chi connectivity index (χ0n) is 12.5. The van der Waals surface area contributed by atoms with Crippen molar-refractivity contribution in [1.82, 2.24) is 0 Å². The van der Waals surface area contributed by atoms with Crippen LogP contribution in [0.15, 0.2) is 61.2 Å². The van der Waals surface area contributed by atoms with Gasteiger partial charge in [-0.3, -0.25) is 0 Å². The lowest BCUT2D eigenvalue weighted by Gasteiger charge is -2.16. The molecule has 4 rings (SSSR count). The molecule has 0 saturated carbocycles. The Labute approximate surface area is 125 Å². The average Bonchev–Trinajstić information content (AvgIpc) is 3.10. The van der Waals surface area contributed by atoms with Crippen LogP contribution in [0.1, 0.15) is 17.5 Å². The van der Waals surface area contributed by atoms with Crippen molar-refractivity contribution in [3.05, 3.63) is 72.3 Å². The molecule has 2 aromatic rings. The van der Waals surface area contributed by atoms with Gasteiger partial charge in [0.1, 0.15) is 14.1 Å². The number of hydrogen-bond acceptors (Lipinski definition) is 0. The van der Waals surface area contributed by atoms with Crippen LogP contribution in [0.5, 0.6) is 0 Å². The Kier molecular flexibility index (Phi) is 2.78. The molecular weight excluding hydrogens is 256 g/mol. The van der Waals surface area contributed by atoms with Gasteiger partial charge in [-0.25, -0.2) is 9.13 Å². The zero-order chi connectivity index (χ0) is 14.4. The number of pyridine rings is 2. The fourth-order valence-electron chi connectivity index (χ4n) is 3.63. The summed E-state index contributed by atoms with van der Waals surface area (Å²) in [4.78, 5) is 0. The lowest BCUT2D eigenvalue weighted by atomic mass is 9.88. The van der Waals surface area contributed by atoms with Gasteiger partial charge in [0, 0.05) is 36.1 Å². The molecule has 0 N–H and O–H groups in total. The van der Waals surface area contributed by atoms with Crippen molar-refractivity contribution in [1.29, 1.82) is 0 Å². The molecule has 0 saturated heterocycles. The highest BCUT2D eigenvalue weighted by atomic mass is 14.9. The molecular formula is C19H20N2+2. The van der Waals surface area contributed by atoms with Crippen molar-refractivity contribution in [2.24, 2.45) is 25.9 Å². The molecule has 0 fully saturated rings. The molecule has 2 aliphatic carbocycles. The maximum absolute atomic E-state index is 2.39. The maximum atomic E-state index is 2.39. The second kappa shape index (κ2) is 4.66. The molecule has 2 heteroatoms. The van der Waals surface area contributed by atoms with Gasteiger partial charge >= 0.3 is 0 Å². The van der Waals surface area contributed by atoms with Gasteiger partial charge in [0.05, 0.1) is 0 Å². The van der Waals surface area contributed by atoms with Crippen LogP contribution >= 0.6 is 0 Å². The SMILES string of the molecule is C[n+]1ccc(C2=C(c3cc[n+](C)cc3)[C@H]3C=C[C@@H]2C3)cc1. The van der Waals surface area contributed by atoms with Crippen LogP contribution in [0, 0.1) is 11.8 Å². The third-order valence-electron chi connectivity index (χ3n) is 4.69. The van der Waals surface area contributed by atoms with Crippen molar-refractivity contribution in [3.8, 4) is 0 Å². The standard InChI is InChI=1S/C19H20N2/c1-20-9-5-14(6-10-20)18-16-3-4-17(13-16)19(18)15-7-11-21(2)12-8-15/h3-12,16-17H,13H2,1-2H3/q+2/t16-,17+. The average molecular weight is 276 g/mol. The van der Waals surface area contributed by atoms with Crippen molar-refractivity contribution >= 4 is 11.1 Å². The normalized spacial score (nSPS) is 23.1. The van der Waals surface area contributed by atoms with E-state index in [4.69, 9.17) is 0 Å². The van der Waals surface area contributed by atoms with E-state index in [0.717, 1.165) is 0 Å². The molecule has 0 aromatic carbocycles. The molecule has 104 valence electrons. The van der Waals surface area contributed by atoms with Crippen molar-refractivity contribution < 1.29 is 9.13 Å². The number of aryl methyl sites for hydroxylation is 2. The van der Waals surface area contributed by atoms with Crippen molar-refractivity contribution in [3.63, 3.8) is 0 Å². The number of aromatic nitrogens is 2. The number of hydrogen-bond donors (Lipinski definition) is 0. The smallest absolute Gasteiger partial charge is 0.169 e. The van der Waals surface area contributed by atoms with E-state index >= 15 is 0 Å². The van der Waals surface area contributed by atoms with Crippen molar-refractivity contribution in [2.45, 2.75) is 6.42 Å². The van der Waals surface area contributed by atoms with E-state index in [1.807, 2.05) is 0 Å². The van der Waals surface area contributed by atoms with E-state index in [9.17, 15) is 0 Å². The third-order valence-corrected chi connectivity index (χ3v) is 4.69. The predicted molar refractivity (Wildman–Crippen MR) is 82.8 cm³/mol. The Hall–Kier alpha value is -2.22. The molecule has 2 atom stereocenters. The summed E-state index contributed by atoms with van der Waals surface area (Å²) in [7, 11) is 4.13. The summed E-state index contributed by atoms with van der Waals surface area (Å²) in [6.07, 6.45) is 14.6. The summed E-state index contributed by atoms with van der Waals surface area (Å²) in [6, 6.07) is 8.97. The van der Waals surface area contributed by atoms with E-state index in [1.54, 1.807) is 0 Å². The van der Waals surface area contributed by atoms with Gasteiger partial charge < -0.3 is 0 Å². The minimum absolute atomic E-state index is 0.590. The summed E-state index contributed by atoms with van der Waals surface area (Å²) in [5.41, 5.74) is 5.79. The van der Waals surface area contributed by atoms with E-state index in [1.165, 1.54) is 28.7 Å². The predicted octanol–water partition coefficient (Wildman–Crippen LogP) is 2.45. The van der Waals surface area contributed by atoms with Gasteiger partial charge in [-0.05, 0) is 28.7 Å². The highest BCUT2D eigenvalue weighted by molar-refractivity contribution is 5.97. The van der Waals surface area contributed by atoms with Crippen LogP contribution in [0.3, 0.4) is 0 Å². The minimum Gasteiger partial charge on any atom is -0.208 e. The Morgan fingerprint density at radius 2 is 1.10 bits per heavy atom. The molecule has 2 aliphatic rings. The Morgan fingerprint density at radius 1 is 0.714 bits per heavy atom. The molecule has 2 nitrogen and oxygen atoms in total. The van der Waals surface area contributed by atoms with E-state index in [0.29, 0.717) is 11.8 Å². The first-order chi connectivity index (χ1) is 10.2. The quantitative estimate of drug-likeness (QED) is 0.588. The number of fused-ring (bicyclic) bond motifs is 2. The number of nitrogens with zero attached hydrogens (tertiary/aromatic N) is 2. The minimum atomic E-state index is 0.590. The fourth-order valence-corrected chi connectivity index (χ4v) is 3.63. The van der Waals surface area contributed by atoms with Gasteiger partial charge in [-0.1, -0.05) is 12.2 Å². The Bertz CT molecular complexity index is 673. The summed E-state index contributed by atoms with van der Waals surface area (Å²) in [5, 5.41) is 0. The van der Waals surface area contributed by atoms with Crippen LogP contribution in [0.25, 0.3) is 11.1 Å². The topological polar surface area (TPSA) is 7.76 Å². The summed E-state index contributed by atoms with van der Waals surface area (Å²) in [6.45, 7) is 0. The molecule has 2 aromatic heterocycles. The van der Waals surface area contributed by atoms with Crippen LogP contribution in [0.4, 0.5) is 0 Å². The summed E-state index contributed by atoms with van der Waals surface area (Å²) < 4.78 is 4.19. The molecule has 0 aliphatic heterocycles. The van der Waals surface area contributed by atoms with Crippen LogP contribution in [-0.4, -0.2) is 0 Å². The molecule has 0 unspecified atom stereocenters. The molecule has 21 heavy (non-hydrogen) atoms. The van der Waals surface area contributed by atoms with Gasteiger partial charge in [0.25, 0.3) is 0 Å². The lowest BCUT2D eigenvalue weighted by Crippen LogP contribution is -2.26. The first-order valence-electron chi connectivity index (χ1n) is 7.56. The van der Waals surface area contributed by atoms with Crippen LogP contribution in [0.2, 0.25) is 0 Å². The summed E-state index contributed by atoms with van der Waals surface area (Å²) >= 11 is 0. The molecule has 0 spiro atoms. The zero-order valence-corrected chi connectivity index (χ0v) is 12.5. The Morgan fingerprint density at radius 3 is 1.48 bits per heavy atom. The first-order valence-corrected chi connectivity index (χ1v) is 7.56. The van der Waals surface area contributed by atoms with E-state index < -0.39 is 0 Å². The van der Waals surface area contributed by atoms with Crippen LogP contribution in [-0.2, 0) is 14.1 Å². The second-order valence-electron chi connectivity index (χ2n) is 6.17. The van der Waals surface area contributed by atoms with Crippen molar-refractivity contribution in [2.75, 3.05) is 0 Å². The van der Waals surface area contributed by atoms with E-state index in [-0.39, 0.29) is 0 Å². The summed E-state index contributed by atoms with van der Waals surface area (Å²) in [5.74, 6) is 1.18. The maximum Gasteiger partial charge on any atom is 0.169 e. The Balaban J connectivity index is 1.87. The number of rotatable bonds is 2. The fraction of sp³-hybridized carbons (Fsp3) is 0.263. The van der Waals surface area contributed by atoms with E-state index in [2.05, 4.69) is 84.4 Å². The monoisotopic (exact) mass is 276 g/mol. The lowest BCUT2D eigenvalue weighted by molar-refractivity contribution is -0.671. The van der Waals surface area contributed by atoms with Gasteiger partial charge in [-0.2, -0.15) is 0 Å². The highest BCUT2D eigenvalue weighted by Crippen LogP contribution is 2.52. The number of allylic oxidation sites excluding steroid dienone is 4. The first kappa shape index (κ1) is 12.5. The molecule has 2 heterocycles. The molecule has 2 bridgehead atoms. The largest absolute Gasteiger partial charge is 0.208 e. The highest BCUT2D eigenvalue weighted by Gasteiger charge is 2.36. The van der Waals surface area contributed by atoms with Gasteiger partial charge in [0.15, 0.2) is 24.8 Å².